The summed E-state index contributed by atoms with van der Waals surface area (Å²) in [4.78, 5) is 2.47. The molecule has 2 heterocycles. The molecule has 0 radical (unpaired) electrons. The molecule has 0 aliphatic carbocycles. The minimum absolute atomic E-state index is 0.519. The summed E-state index contributed by atoms with van der Waals surface area (Å²) in [6.45, 7) is 12.5. The second-order valence-electron chi connectivity index (χ2n) is 5.79. The highest BCUT2D eigenvalue weighted by Crippen LogP contribution is 2.12. The first-order valence-electron chi connectivity index (χ1n) is 7.60. The average molecular weight is 280 g/mol. The van der Waals surface area contributed by atoms with Gasteiger partial charge in [0.05, 0.1) is 18.9 Å². The van der Waals surface area contributed by atoms with Crippen molar-refractivity contribution in [1.29, 1.82) is 0 Å². The van der Waals surface area contributed by atoms with Crippen LogP contribution in [0.1, 0.15) is 23.9 Å². The van der Waals surface area contributed by atoms with E-state index in [-0.39, 0.29) is 0 Å². The lowest BCUT2D eigenvalue weighted by atomic mass is 10.1. The molecule has 114 valence electrons. The Labute approximate surface area is 122 Å². The van der Waals surface area contributed by atoms with Crippen LogP contribution < -0.4 is 5.32 Å². The smallest absolute Gasteiger partial charge is 0.0628 e. The largest absolute Gasteiger partial charge is 0.379 e. The van der Waals surface area contributed by atoms with Crippen LogP contribution >= 0.6 is 0 Å². The Bertz CT molecular complexity index is 424. The van der Waals surface area contributed by atoms with Crippen LogP contribution in [-0.4, -0.2) is 60.1 Å². The normalized spacial score (nSPS) is 18.4. The van der Waals surface area contributed by atoms with Crippen LogP contribution in [0.5, 0.6) is 0 Å². The van der Waals surface area contributed by atoms with Crippen molar-refractivity contribution in [3.63, 3.8) is 0 Å². The van der Waals surface area contributed by atoms with Crippen molar-refractivity contribution in [3.8, 4) is 0 Å². The Hall–Kier alpha value is -0.910. The van der Waals surface area contributed by atoms with E-state index in [1.165, 1.54) is 11.3 Å². The Morgan fingerprint density at radius 3 is 2.60 bits per heavy atom. The number of aromatic nitrogens is 2. The summed E-state index contributed by atoms with van der Waals surface area (Å²) < 4.78 is 7.35. The molecular formula is C15H28N4O. The minimum atomic E-state index is 0.519. The lowest BCUT2D eigenvalue weighted by Crippen LogP contribution is -2.44. The zero-order valence-corrected chi connectivity index (χ0v) is 13.3. The molecule has 1 aromatic heterocycles. The summed E-state index contributed by atoms with van der Waals surface area (Å²) in [5.41, 5.74) is 3.83. The van der Waals surface area contributed by atoms with Gasteiger partial charge in [-0.2, -0.15) is 5.10 Å². The number of morpholine rings is 1. The van der Waals surface area contributed by atoms with Gasteiger partial charge in [0, 0.05) is 38.4 Å². The predicted molar refractivity (Wildman–Crippen MR) is 81.1 cm³/mol. The van der Waals surface area contributed by atoms with E-state index in [1.807, 2.05) is 11.7 Å². The van der Waals surface area contributed by atoms with Crippen molar-refractivity contribution >= 4 is 0 Å². The van der Waals surface area contributed by atoms with Crippen LogP contribution in [-0.2, 0) is 18.2 Å². The SMILES string of the molecule is Cc1nn(C)c(C)c1CCNC(C)CN1CCOCC1. The molecule has 1 N–H and O–H groups in total. The first kappa shape index (κ1) is 15.5. The third-order valence-electron chi connectivity index (χ3n) is 4.16. The third kappa shape index (κ3) is 4.04. The zero-order chi connectivity index (χ0) is 14.5. The van der Waals surface area contributed by atoms with Gasteiger partial charge in [-0.1, -0.05) is 0 Å². The van der Waals surface area contributed by atoms with Gasteiger partial charge in [0.2, 0.25) is 0 Å². The fraction of sp³-hybridized carbons (Fsp3) is 0.800. The number of nitrogens with one attached hydrogen (secondary N) is 1. The van der Waals surface area contributed by atoms with E-state index in [4.69, 9.17) is 4.74 Å². The number of rotatable bonds is 6. The summed E-state index contributed by atoms with van der Waals surface area (Å²) in [7, 11) is 2.01. The maximum Gasteiger partial charge on any atom is 0.0628 e. The highest BCUT2D eigenvalue weighted by atomic mass is 16.5. The lowest BCUT2D eigenvalue weighted by Gasteiger charge is -2.29. The van der Waals surface area contributed by atoms with E-state index in [9.17, 15) is 0 Å². The summed E-state index contributed by atoms with van der Waals surface area (Å²) in [6.07, 6.45) is 1.05. The van der Waals surface area contributed by atoms with Gasteiger partial charge in [0.15, 0.2) is 0 Å². The Balaban J connectivity index is 1.72. The number of aryl methyl sites for hydroxylation is 2. The molecule has 1 unspecified atom stereocenters. The van der Waals surface area contributed by atoms with Crippen LogP contribution in [0.15, 0.2) is 0 Å². The first-order valence-corrected chi connectivity index (χ1v) is 7.60. The molecule has 1 aliphatic rings. The molecule has 0 aromatic carbocycles. The highest BCUT2D eigenvalue weighted by Gasteiger charge is 2.14. The highest BCUT2D eigenvalue weighted by molar-refractivity contribution is 5.24. The number of nitrogens with zero attached hydrogens (tertiary/aromatic N) is 3. The zero-order valence-electron chi connectivity index (χ0n) is 13.3. The molecular weight excluding hydrogens is 252 g/mol. The van der Waals surface area contributed by atoms with Crippen molar-refractivity contribution in [2.45, 2.75) is 33.2 Å². The Morgan fingerprint density at radius 2 is 2.00 bits per heavy atom. The average Bonchev–Trinajstić information content (AvgIpc) is 2.66. The minimum Gasteiger partial charge on any atom is -0.379 e. The fourth-order valence-corrected chi connectivity index (χ4v) is 2.86. The summed E-state index contributed by atoms with van der Waals surface area (Å²) in [5, 5.41) is 8.09. The number of hydrogen-bond acceptors (Lipinski definition) is 4. The number of hydrogen-bond donors (Lipinski definition) is 1. The van der Waals surface area contributed by atoms with E-state index in [2.05, 4.69) is 36.1 Å². The second kappa shape index (κ2) is 7.20. The van der Waals surface area contributed by atoms with Gasteiger partial charge in [-0.3, -0.25) is 9.58 Å². The predicted octanol–water partition coefficient (Wildman–Crippen LogP) is 0.890. The molecule has 1 fully saturated rings. The van der Waals surface area contributed by atoms with Crippen LogP contribution in [0, 0.1) is 13.8 Å². The standard InChI is InChI=1S/C15H28N4O/c1-12(11-19-7-9-20-10-8-19)16-6-5-15-13(2)17-18(4)14(15)3/h12,16H,5-11H2,1-4H3. The second-order valence-corrected chi connectivity index (χ2v) is 5.79. The maximum absolute atomic E-state index is 5.38. The van der Waals surface area contributed by atoms with Crippen molar-refractivity contribution in [2.24, 2.45) is 7.05 Å². The Morgan fingerprint density at radius 1 is 1.30 bits per heavy atom. The fourth-order valence-electron chi connectivity index (χ4n) is 2.86. The molecule has 1 aliphatic heterocycles. The lowest BCUT2D eigenvalue weighted by molar-refractivity contribution is 0.0344. The molecule has 1 atom stereocenters. The van der Waals surface area contributed by atoms with E-state index in [1.54, 1.807) is 0 Å². The summed E-state index contributed by atoms with van der Waals surface area (Å²) >= 11 is 0. The molecule has 0 bridgehead atoms. The van der Waals surface area contributed by atoms with Crippen LogP contribution in [0.2, 0.25) is 0 Å². The van der Waals surface area contributed by atoms with Crippen molar-refractivity contribution in [2.75, 3.05) is 39.4 Å². The monoisotopic (exact) mass is 280 g/mol. The van der Waals surface area contributed by atoms with Crippen molar-refractivity contribution < 1.29 is 4.74 Å². The molecule has 0 amide bonds. The Kier molecular flexibility index (Phi) is 5.57. The van der Waals surface area contributed by atoms with Gasteiger partial charge < -0.3 is 10.1 Å². The molecule has 5 heteroatoms. The molecule has 20 heavy (non-hydrogen) atoms. The van der Waals surface area contributed by atoms with Crippen LogP contribution in [0.4, 0.5) is 0 Å². The first-order chi connectivity index (χ1) is 9.58. The van der Waals surface area contributed by atoms with Gasteiger partial charge in [-0.15, -0.1) is 0 Å². The van der Waals surface area contributed by atoms with E-state index >= 15 is 0 Å². The van der Waals surface area contributed by atoms with Crippen LogP contribution in [0.3, 0.4) is 0 Å². The summed E-state index contributed by atoms with van der Waals surface area (Å²) in [5.74, 6) is 0. The molecule has 0 saturated carbocycles. The van der Waals surface area contributed by atoms with Crippen molar-refractivity contribution in [3.05, 3.63) is 17.0 Å². The van der Waals surface area contributed by atoms with Gasteiger partial charge in [-0.25, -0.2) is 0 Å². The van der Waals surface area contributed by atoms with E-state index in [0.29, 0.717) is 6.04 Å². The van der Waals surface area contributed by atoms with Crippen LogP contribution in [0.25, 0.3) is 0 Å². The molecule has 2 rings (SSSR count). The van der Waals surface area contributed by atoms with Gasteiger partial charge >= 0.3 is 0 Å². The third-order valence-corrected chi connectivity index (χ3v) is 4.16. The van der Waals surface area contributed by atoms with E-state index in [0.717, 1.165) is 51.5 Å². The number of ether oxygens (including phenoxy) is 1. The maximum atomic E-state index is 5.38. The molecule has 1 aromatic rings. The van der Waals surface area contributed by atoms with Gasteiger partial charge in [-0.05, 0) is 39.3 Å². The quantitative estimate of drug-likeness (QED) is 0.840. The topological polar surface area (TPSA) is 42.3 Å². The molecule has 5 nitrogen and oxygen atoms in total. The van der Waals surface area contributed by atoms with Gasteiger partial charge in [0.1, 0.15) is 0 Å². The van der Waals surface area contributed by atoms with Gasteiger partial charge in [0.25, 0.3) is 0 Å². The molecule has 1 saturated heterocycles. The molecule has 0 spiro atoms. The van der Waals surface area contributed by atoms with Crippen molar-refractivity contribution in [1.82, 2.24) is 20.0 Å². The summed E-state index contributed by atoms with van der Waals surface area (Å²) in [6, 6.07) is 0.519. The van der Waals surface area contributed by atoms with E-state index < -0.39 is 0 Å².